The lowest BCUT2D eigenvalue weighted by Gasteiger charge is -2.36. The van der Waals surface area contributed by atoms with Gasteiger partial charge in [0, 0.05) is 67.9 Å². The highest BCUT2D eigenvalue weighted by Gasteiger charge is 2.33. The second kappa shape index (κ2) is 12.0. The van der Waals surface area contributed by atoms with Crippen LogP contribution in [0.25, 0.3) is 10.8 Å². The zero-order chi connectivity index (χ0) is 25.9. The molecule has 0 spiro atoms. The summed E-state index contributed by atoms with van der Waals surface area (Å²) in [6.07, 6.45) is -0.634. The summed E-state index contributed by atoms with van der Waals surface area (Å²) in [5.41, 5.74) is 1.80. The Bertz CT molecular complexity index is 1270. The maximum absolute atomic E-state index is 13.1. The van der Waals surface area contributed by atoms with E-state index in [1.165, 1.54) is 11.8 Å². The van der Waals surface area contributed by atoms with Crippen molar-refractivity contribution >= 4 is 40.8 Å². The molecular weight excluding hydrogens is 506 g/mol. The van der Waals surface area contributed by atoms with E-state index in [4.69, 9.17) is 4.74 Å². The largest absolute Gasteiger partial charge is 0.491 e. The first-order valence-electron chi connectivity index (χ1n) is 12.7. The molecule has 0 saturated carbocycles. The first kappa shape index (κ1) is 27.7. The van der Waals surface area contributed by atoms with E-state index in [2.05, 4.69) is 9.80 Å². The fraction of sp³-hybridized carbons (Fsp3) is 0.345. The van der Waals surface area contributed by atoms with Crippen LogP contribution >= 0.6 is 12.4 Å². The van der Waals surface area contributed by atoms with E-state index in [9.17, 15) is 19.5 Å². The van der Waals surface area contributed by atoms with Crippen molar-refractivity contribution in [3.8, 4) is 5.75 Å². The average molecular weight is 538 g/mol. The summed E-state index contributed by atoms with van der Waals surface area (Å²) >= 11 is 0. The number of β-amino-alcohol motifs (C(OH)–C–C–N with tert-alkyl or cyclic N) is 1. The van der Waals surface area contributed by atoms with Gasteiger partial charge in [-0.3, -0.25) is 29.1 Å². The van der Waals surface area contributed by atoms with Crippen molar-refractivity contribution < 1.29 is 24.2 Å². The van der Waals surface area contributed by atoms with Crippen LogP contribution in [0, 0.1) is 0 Å². The van der Waals surface area contributed by atoms with Gasteiger partial charge in [-0.25, -0.2) is 0 Å². The molecule has 38 heavy (non-hydrogen) atoms. The normalized spacial score (nSPS) is 16.8. The molecule has 1 atom stereocenters. The van der Waals surface area contributed by atoms with E-state index in [-0.39, 0.29) is 36.6 Å². The fourth-order valence-corrected chi connectivity index (χ4v) is 5.05. The van der Waals surface area contributed by atoms with E-state index in [0.29, 0.717) is 42.1 Å². The third-order valence-electron chi connectivity index (χ3n) is 7.13. The molecule has 0 aliphatic carbocycles. The van der Waals surface area contributed by atoms with Crippen molar-refractivity contribution in [3.05, 3.63) is 77.4 Å². The molecular formula is C29H32ClN3O5. The summed E-state index contributed by atoms with van der Waals surface area (Å²) in [6, 6.07) is 18.1. The van der Waals surface area contributed by atoms with Gasteiger partial charge in [0.25, 0.3) is 11.8 Å². The fourth-order valence-electron chi connectivity index (χ4n) is 5.05. The molecule has 3 aromatic rings. The van der Waals surface area contributed by atoms with Crippen molar-refractivity contribution in [3.63, 3.8) is 0 Å². The van der Waals surface area contributed by atoms with E-state index in [0.717, 1.165) is 37.0 Å². The van der Waals surface area contributed by atoms with Gasteiger partial charge in [0.2, 0.25) is 0 Å². The lowest BCUT2D eigenvalue weighted by Crippen LogP contribution is -2.51. The van der Waals surface area contributed by atoms with Gasteiger partial charge in [0.1, 0.15) is 18.5 Å². The Morgan fingerprint density at radius 1 is 0.868 bits per heavy atom. The Labute approximate surface area is 228 Å². The number of carbonyl (C=O) groups is 3. The molecule has 2 aliphatic heterocycles. The second-order valence-corrected chi connectivity index (χ2v) is 9.66. The number of ether oxygens (including phenoxy) is 1. The Morgan fingerprint density at radius 2 is 1.45 bits per heavy atom. The number of hydrogen-bond acceptors (Lipinski definition) is 7. The smallest absolute Gasteiger partial charge is 0.261 e. The van der Waals surface area contributed by atoms with Crippen molar-refractivity contribution in [2.45, 2.75) is 13.0 Å². The highest BCUT2D eigenvalue weighted by atomic mass is 35.5. The molecule has 5 rings (SSSR count). The number of nitrogens with zero attached hydrogens (tertiary/aromatic N) is 3. The molecule has 2 heterocycles. The van der Waals surface area contributed by atoms with E-state index in [1.807, 2.05) is 24.3 Å². The number of aliphatic hydroxyl groups excluding tert-OH is 1. The number of ketones is 1. The average Bonchev–Trinajstić information content (AvgIpc) is 2.91. The lowest BCUT2D eigenvalue weighted by atomic mass is 9.94. The van der Waals surface area contributed by atoms with Crippen LogP contribution in [0.1, 0.15) is 38.0 Å². The first-order valence-corrected chi connectivity index (χ1v) is 12.7. The summed E-state index contributed by atoms with van der Waals surface area (Å²) in [6.45, 7) is 6.32. The Kier molecular flexibility index (Phi) is 8.79. The maximum atomic E-state index is 13.1. The Balaban J connectivity index is 0.00000336. The van der Waals surface area contributed by atoms with Gasteiger partial charge >= 0.3 is 0 Å². The summed E-state index contributed by atoms with van der Waals surface area (Å²) in [4.78, 5) is 43.4. The Hall–Kier alpha value is -3.30. The molecule has 0 bridgehead atoms. The molecule has 9 heteroatoms. The number of aliphatic hydroxyl groups is 1. The third kappa shape index (κ3) is 5.89. The number of piperazine rings is 1. The van der Waals surface area contributed by atoms with Crippen LogP contribution in [0.2, 0.25) is 0 Å². The highest BCUT2D eigenvalue weighted by molar-refractivity contribution is 6.25. The zero-order valence-corrected chi connectivity index (χ0v) is 22.2. The minimum absolute atomic E-state index is 0. The molecule has 0 radical (unpaired) electrons. The van der Waals surface area contributed by atoms with Crippen LogP contribution in [0.3, 0.4) is 0 Å². The van der Waals surface area contributed by atoms with Crippen LogP contribution in [0.4, 0.5) is 0 Å². The van der Waals surface area contributed by atoms with Crippen molar-refractivity contribution in [1.29, 1.82) is 0 Å². The predicted octanol–water partition coefficient (Wildman–Crippen LogP) is 3.12. The number of rotatable bonds is 9. The van der Waals surface area contributed by atoms with Crippen LogP contribution in [-0.2, 0) is 0 Å². The molecule has 3 aromatic carbocycles. The third-order valence-corrected chi connectivity index (χ3v) is 7.13. The van der Waals surface area contributed by atoms with Crippen LogP contribution in [-0.4, -0.2) is 95.9 Å². The monoisotopic (exact) mass is 537 g/mol. The quantitative estimate of drug-likeness (QED) is 0.331. The summed E-state index contributed by atoms with van der Waals surface area (Å²) in [5.74, 6) is 0.163. The van der Waals surface area contributed by atoms with Crippen molar-refractivity contribution in [2.24, 2.45) is 0 Å². The molecule has 2 aliphatic rings. The number of Topliss-reactive ketones (excluding diaryl/α,β-unsaturated/α-hetero) is 1. The van der Waals surface area contributed by atoms with Crippen LogP contribution in [0.15, 0.2) is 60.7 Å². The SMILES string of the molecule is CC(=O)c1ccc(OCC(O)CN2CCN(CCN3C(=O)c4cccc5cccc(c45)C3=O)CC2)cc1.Cl. The van der Waals surface area contributed by atoms with Gasteiger partial charge < -0.3 is 9.84 Å². The first-order chi connectivity index (χ1) is 17.9. The summed E-state index contributed by atoms with van der Waals surface area (Å²) < 4.78 is 5.67. The standard InChI is InChI=1S/C29H31N3O5.ClH/c1-20(33)21-8-10-24(11-9-21)37-19-23(34)18-31-14-12-30(13-15-31)16-17-32-28(35)25-6-2-4-22-5-3-7-26(27(22)25)29(32)36;/h2-11,23,34H,12-19H2,1H3;1H. The number of amides is 2. The van der Waals surface area contributed by atoms with Gasteiger partial charge in [-0.05, 0) is 48.7 Å². The number of carbonyl (C=O) groups excluding carboxylic acids is 3. The number of benzene rings is 3. The van der Waals surface area contributed by atoms with E-state index >= 15 is 0 Å². The number of imide groups is 1. The number of hydrogen-bond donors (Lipinski definition) is 1. The maximum Gasteiger partial charge on any atom is 0.261 e. The van der Waals surface area contributed by atoms with Gasteiger partial charge in [0.15, 0.2) is 5.78 Å². The van der Waals surface area contributed by atoms with Crippen LogP contribution < -0.4 is 4.74 Å². The lowest BCUT2D eigenvalue weighted by molar-refractivity contribution is 0.0416. The van der Waals surface area contributed by atoms with Crippen LogP contribution in [0.5, 0.6) is 5.75 Å². The van der Waals surface area contributed by atoms with Gasteiger partial charge in [-0.15, -0.1) is 12.4 Å². The predicted molar refractivity (Wildman–Crippen MR) is 147 cm³/mol. The molecule has 8 nitrogen and oxygen atoms in total. The molecule has 0 aromatic heterocycles. The minimum atomic E-state index is -0.634. The molecule has 1 N–H and O–H groups in total. The molecule has 200 valence electrons. The highest BCUT2D eigenvalue weighted by Crippen LogP contribution is 2.29. The molecule has 1 unspecified atom stereocenters. The summed E-state index contributed by atoms with van der Waals surface area (Å²) in [7, 11) is 0. The molecule has 1 saturated heterocycles. The van der Waals surface area contributed by atoms with Gasteiger partial charge in [-0.1, -0.05) is 24.3 Å². The minimum Gasteiger partial charge on any atom is -0.491 e. The number of halogens is 1. The zero-order valence-electron chi connectivity index (χ0n) is 21.3. The Morgan fingerprint density at radius 3 is 2.03 bits per heavy atom. The van der Waals surface area contributed by atoms with E-state index < -0.39 is 6.10 Å². The van der Waals surface area contributed by atoms with E-state index in [1.54, 1.807) is 36.4 Å². The molecule has 2 amide bonds. The van der Waals surface area contributed by atoms with Crippen molar-refractivity contribution in [1.82, 2.24) is 14.7 Å². The van der Waals surface area contributed by atoms with Crippen molar-refractivity contribution in [2.75, 3.05) is 52.4 Å². The van der Waals surface area contributed by atoms with Gasteiger partial charge in [-0.2, -0.15) is 0 Å². The van der Waals surface area contributed by atoms with Gasteiger partial charge in [0.05, 0.1) is 0 Å². The molecule has 1 fully saturated rings. The topological polar surface area (TPSA) is 90.4 Å². The second-order valence-electron chi connectivity index (χ2n) is 9.66. The summed E-state index contributed by atoms with van der Waals surface area (Å²) in [5, 5.41) is 12.1.